The van der Waals surface area contributed by atoms with E-state index in [4.69, 9.17) is 16.3 Å². The molecule has 0 unspecified atom stereocenters. The Labute approximate surface area is 147 Å². The highest BCUT2D eigenvalue weighted by Crippen LogP contribution is 2.37. The molecule has 7 nitrogen and oxygen atoms in total. The zero-order chi connectivity index (χ0) is 18.7. The quantitative estimate of drug-likeness (QED) is 0.805. The second-order valence-electron chi connectivity index (χ2n) is 4.87. The van der Waals surface area contributed by atoms with E-state index in [-0.39, 0.29) is 27.7 Å². The van der Waals surface area contributed by atoms with Crippen LogP contribution >= 0.6 is 11.6 Å². The molecule has 2 N–H and O–H groups in total. The molecule has 0 aliphatic heterocycles. The predicted molar refractivity (Wildman–Crippen MR) is 88.5 cm³/mol. The lowest BCUT2D eigenvalue weighted by atomic mass is 10.1. The normalized spacial score (nSPS) is 10.3. The SMILES string of the molecule is COC(=O)c1nc(-c2ccc(Cl)c(OC)c2F)cc(NC(C)=O)c1O. The molecule has 1 aromatic heterocycles. The topological polar surface area (TPSA) is 97.8 Å². The molecule has 0 saturated carbocycles. The predicted octanol–water partition coefficient (Wildman–Crippen LogP) is 3.00. The van der Waals surface area contributed by atoms with Crippen molar-refractivity contribution in [3.05, 3.63) is 34.7 Å². The number of carbonyl (C=O) groups excluding carboxylic acids is 2. The van der Waals surface area contributed by atoms with E-state index in [1.165, 1.54) is 32.2 Å². The molecule has 0 aliphatic carbocycles. The van der Waals surface area contributed by atoms with Crippen LogP contribution in [-0.2, 0) is 9.53 Å². The Morgan fingerprint density at radius 2 is 2.00 bits per heavy atom. The smallest absolute Gasteiger partial charge is 0.360 e. The molecule has 0 fully saturated rings. The Morgan fingerprint density at radius 1 is 1.32 bits per heavy atom. The first-order valence-corrected chi connectivity index (χ1v) is 7.30. The molecule has 2 rings (SSSR count). The van der Waals surface area contributed by atoms with Crippen molar-refractivity contribution in [2.75, 3.05) is 19.5 Å². The first kappa shape index (κ1) is 18.5. The van der Waals surface area contributed by atoms with E-state index in [0.29, 0.717) is 0 Å². The molecule has 132 valence electrons. The average molecular weight is 369 g/mol. The van der Waals surface area contributed by atoms with Crippen LogP contribution in [0.5, 0.6) is 11.5 Å². The number of hydrogen-bond acceptors (Lipinski definition) is 6. The van der Waals surface area contributed by atoms with Crippen molar-refractivity contribution in [2.24, 2.45) is 0 Å². The van der Waals surface area contributed by atoms with Crippen molar-refractivity contribution >= 4 is 29.2 Å². The summed E-state index contributed by atoms with van der Waals surface area (Å²) in [5, 5.41) is 12.5. The van der Waals surface area contributed by atoms with E-state index < -0.39 is 29.1 Å². The van der Waals surface area contributed by atoms with Crippen molar-refractivity contribution < 1.29 is 28.6 Å². The van der Waals surface area contributed by atoms with Crippen LogP contribution in [0, 0.1) is 5.82 Å². The summed E-state index contributed by atoms with van der Waals surface area (Å²) in [5.41, 5.74) is -0.671. The molecular formula is C16H14ClFN2O5. The van der Waals surface area contributed by atoms with Crippen molar-refractivity contribution in [1.29, 1.82) is 0 Å². The van der Waals surface area contributed by atoms with Gasteiger partial charge in [0.1, 0.15) is 0 Å². The third-order valence-electron chi connectivity index (χ3n) is 3.21. The van der Waals surface area contributed by atoms with Gasteiger partial charge in [0.05, 0.1) is 30.6 Å². The lowest BCUT2D eigenvalue weighted by Gasteiger charge is -2.13. The Balaban J connectivity index is 2.73. The number of ether oxygens (including phenoxy) is 2. The molecule has 0 saturated heterocycles. The standard InChI is InChI=1S/C16H14ClFN2O5/c1-7(21)19-11-6-10(20-13(14(11)22)16(23)25-3)8-4-5-9(17)15(24-2)12(8)18/h4-6,22H,1-3H3,(H,19,20,21). The van der Waals surface area contributed by atoms with Gasteiger partial charge in [0.15, 0.2) is 23.0 Å². The largest absolute Gasteiger partial charge is 0.504 e. The van der Waals surface area contributed by atoms with Gasteiger partial charge in [0.2, 0.25) is 5.91 Å². The van der Waals surface area contributed by atoms with Gasteiger partial charge in [-0.2, -0.15) is 0 Å². The van der Waals surface area contributed by atoms with Crippen molar-refractivity contribution in [3.63, 3.8) is 0 Å². The van der Waals surface area contributed by atoms with Crippen molar-refractivity contribution in [3.8, 4) is 22.8 Å². The third-order valence-corrected chi connectivity index (χ3v) is 3.51. The fourth-order valence-corrected chi connectivity index (χ4v) is 2.34. The molecule has 1 aromatic carbocycles. The molecule has 0 atom stereocenters. The number of anilines is 1. The Morgan fingerprint density at radius 3 is 2.56 bits per heavy atom. The minimum Gasteiger partial charge on any atom is -0.504 e. The summed E-state index contributed by atoms with van der Waals surface area (Å²) in [6.07, 6.45) is 0. The summed E-state index contributed by atoms with van der Waals surface area (Å²) in [6.45, 7) is 1.21. The summed E-state index contributed by atoms with van der Waals surface area (Å²) in [5.74, 6) is -3.05. The second kappa shape index (κ2) is 7.35. The number of nitrogens with one attached hydrogen (secondary N) is 1. The maximum atomic E-state index is 14.6. The zero-order valence-corrected chi connectivity index (χ0v) is 14.3. The number of methoxy groups -OCH3 is 2. The lowest BCUT2D eigenvalue weighted by molar-refractivity contribution is -0.114. The second-order valence-corrected chi connectivity index (χ2v) is 5.27. The van der Waals surface area contributed by atoms with E-state index in [9.17, 15) is 19.1 Å². The highest BCUT2D eigenvalue weighted by molar-refractivity contribution is 6.32. The number of hydrogen-bond donors (Lipinski definition) is 2. The van der Waals surface area contributed by atoms with E-state index >= 15 is 0 Å². The molecule has 0 radical (unpaired) electrons. The first-order valence-electron chi connectivity index (χ1n) is 6.92. The fraction of sp³-hybridized carbons (Fsp3) is 0.188. The fourth-order valence-electron chi connectivity index (χ4n) is 2.12. The van der Waals surface area contributed by atoms with Gasteiger partial charge < -0.3 is 19.9 Å². The number of aromatic hydroxyl groups is 1. The van der Waals surface area contributed by atoms with Crippen LogP contribution < -0.4 is 10.1 Å². The van der Waals surface area contributed by atoms with E-state index in [2.05, 4.69) is 15.0 Å². The number of benzene rings is 1. The Hall–Kier alpha value is -2.87. The zero-order valence-electron chi connectivity index (χ0n) is 13.5. The lowest BCUT2D eigenvalue weighted by Crippen LogP contribution is -2.11. The summed E-state index contributed by atoms with van der Waals surface area (Å²) in [6, 6.07) is 3.94. The molecule has 0 bridgehead atoms. The van der Waals surface area contributed by atoms with Crippen LogP contribution in [0.15, 0.2) is 18.2 Å². The minimum absolute atomic E-state index is 0.0329. The van der Waals surface area contributed by atoms with Gasteiger partial charge in [-0.15, -0.1) is 0 Å². The average Bonchev–Trinajstić information content (AvgIpc) is 2.56. The van der Waals surface area contributed by atoms with Gasteiger partial charge in [-0.3, -0.25) is 4.79 Å². The Kier molecular flexibility index (Phi) is 5.43. The number of halogens is 2. The number of carbonyl (C=O) groups is 2. The molecule has 25 heavy (non-hydrogen) atoms. The van der Waals surface area contributed by atoms with Crippen LogP contribution in [0.4, 0.5) is 10.1 Å². The van der Waals surface area contributed by atoms with Gasteiger partial charge in [0, 0.05) is 12.5 Å². The maximum absolute atomic E-state index is 14.6. The number of amides is 1. The summed E-state index contributed by atoms with van der Waals surface area (Å²) in [7, 11) is 2.35. The van der Waals surface area contributed by atoms with Gasteiger partial charge >= 0.3 is 5.97 Å². The van der Waals surface area contributed by atoms with Crippen molar-refractivity contribution in [1.82, 2.24) is 4.98 Å². The number of aromatic nitrogens is 1. The highest BCUT2D eigenvalue weighted by atomic mass is 35.5. The summed E-state index contributed by atoms with van der Waals surface area (Å²) in [4.78, 5) is 27.1. The Bertz CT molecular complexity index is 857. The van der Waals surface area contributed by atoms with Gasteiger partial charge in [-0.25, -0.2) is 14.2 Å². The van der Waals surface area contributed by atoms with Crippen LogP contribution in [0.2, 0.25) is 5.02 Å². The molecule has 9 heteroatoms. The monoisotopic (exact) mass is 368 g/mol. The minimum atomic E-state index is -0.952. The van der Waals surface area contributed by atoms with Crippen LogP contribution in [-0.4, -0.2) is 36.2 Å². The van der Waals surface area contributed by atoms with Gasteiger partial charge in [-0.05, 0) is 18.2 Å². The number of nitrogens with zero attached hydrogens (tertiary/aromatic N) is 1. The number of pyridine rings is 1. The van der Waals surface area contributed by atoms with E-state index in [1.807, 2.05) is 0 Å². The number of rotatable bonds is 4. The molecule has 2 aromatic rings. The highest BCUT2D eigenvalue weighted by Gasteiger charge is 2.23. The molecule has 1 heterocycles. The van der Waals surface area contributed by atoms with Gasteiger partial charge in [-0.1, -0.05) is 11.6 Å². The van der Waals surface area contributed by atoms with Crippen LogP contribution in [0.3, 0.4) is 0 Å². The molecule has 0 aliphatic rings. The molecular weight excluding hydrogens is 355 g/mol. The third kappa shape index (κ3) is 3.63. The van der Waals surface area contributed by atoms with Crippen LogP contribution in [0.1, 0.15) is 17.4 Å². The summed E-state index contributed by atoms with van der Waals surface area (Å²) >= 11 is 5.86. The molecule has 0 spiro atoms. The maximum Gasteiger partial charge on any atom is 0.360 e. The van der Waals surface area contributed by atoms with E-state index in [0.717, 1.165) is 7.11 Å². The number of esters is 1. The molecule has 1 amide bonds. The van der Waals surface area contributed by atoms with Gasteiger partial charge in [0.25, 0.3) is 0 Å². The first-order chi connectivity index (χ1) is 11.8. The summed E-state index contributed by atoms with van der Waals surface area (Å²) < 4.78 is 24.1. The van der Waals surface area contributed by atoms with Crippen LogP contribution in [0.25, 0.3) is 11.3 Å². The van der Waals surface area contributed by atoms with E-state index in [1.54, 1.807) is 0 Å². The van der Waals surface area contributed by atoms with Crippen molar-refractivity contribution in [2.45, 2.75) is 6.92 Å².